The first-order valence-electron chi connectivity index (χ1n) is 6.87. The van der Waals surface area contributed by atoms with E-state index in [1.165, 1.54) is 12.0 Å². The Morgan fingerprint density at radius 2 is 2.00 bits per heavy atom. The minimum absolute atomic E-state index is 0.356. The fourth-order valence-electron chi connectivity index (χ4n) is 2.90. The number of nitrogens with one attached hydrogen (secondary N) is 1. The molecule has 1 aliphatic carbocycles. The molecule has 1 aromatic carbocycles. The van der Waals surface area contributed by atoms with Crippen molar-refractivity contribution in [3.63, 3.8) is 0 Å². The topological polar surface area (TPSA) is 29.1 Å². The first-order chi connectivity index (χ1) is 8.72. The van der Waals surface area contributed by atoms with Gasteiger partial charge in [0.05, 0.1) is 0 Å². The van der Waals surface area contributed by atoms with Crippen molar-refractivity contribution in [3.8, 4) is 0 Å². The van der Waals surface area contributed by atoms with Crippen molar-refractivity contribution in [2.45, 2.75) is 43.7 Å². The summed E-state index contributed by atoms with van der Waals surface area (Å²) in [6.45, 7) is 5.39. The van der Waals surface area contributed by atoms with E-state index in [4.69, 9.17) is 0 Å². The largest absolute Gasteiger partial charge is 0.314 e. The van der Waals surface area contributed by atoms with Gasteiger partial charge in [-0.15, -0.1) is 0 Å². The van der Waals surface area contributed by atoms with Crippen LogP contribution in [0.2, 0.25) is 0 Å². The third kappa shape index (κ3) is 3.21. The number of hydrogen-bond donors (Lipinski definition) is 1. The van der Waals surface area contributed by atoms with Gasteiger partial charge in [0, 0.05) is 27.8 Å². The quantitative estimate of drug-likeness (QED) is 0.887. The van der Waals surface area contributed by atoms with E-state index in [0.717, 1.165) is 13.0 Å². The maximum Gasteiger partial charge on any atom is 0.0488 e. The molecule has 100 valence electrons. The second-order valence-corrected chi connectivity index (χ2v) is 6.81. The van der Waals surface area contributed by atoms with Crippen LogP contribution in [0.15, 0.2) is 30.3 Å². The molecule has 0 aromatic heterocycles. The van der Waals surface area contributed by atoms with Gasteiger partial charge in [0.15, 0.2) is 0 Å². The molecule has 0 spiro atoms. The van der Waals surface area contributed by atoms with Gasteiger partial charge in [-0.2, -0.15) is 0 Å². The van der Waals surface area contributed by atoms with Crippen molar-refractivity contribution in [3.05, 3.63) is 35.9 Å². The lowest BCUT2D eigenvalue weighted by atomic mass is 10.1. The Hall–Kier alpha value is -0.670. The summed E-state index contributed by atoms with van der Waals surface area (Å²) < 4.78 is 12.5. The Kier molecular flexibility index (Phi) is 4.95. The maximum absolute atomic E-state index is 12.5. The number of benzene rings is 1. The van der Waals surface area contributed by atoms with Crippen molar-refractivity contribution in [2.75, 3.05) is 6.54 Å². The molecule has 0 heterocycles. The van der Waals surface area contributed by atoms with Crippen LogP contribution >= 0.6 is 0 Å². The van der Waals surface area contributed by atoms with Crippen LogP contribution in [0.25, 0.3) is 0 Å². The zero-order valence-corrected chi connectivity index (χ0v) is 12.1. The summed E-state index contributed by atoms with van der Waals surface area (Å²) in [5, 5.41) is 3.86. The molecule has 1 fully saturated rings. The highest BCUT2D eigenvalue weighted by Gasteiger charge is 2.35. The molecule has 1 N–H and O–H groups in total. The van der Waals surface area contributed by atoms with E-state index in [9.17, 15) is 4.21 Å². The van der Waals surface area contributed by atoms with Crippen LogP contribution in [0.5, 0.6) is 0 Å². The second kappa shape index (κ2) is 6.48. The SMILES string of the molecule is CCNC1CCC(S(=O)Cc2ccccc2)C1C. The Morgan fingerprint density at radius 3 is 2.67 bits per heavy atom. The normalized spacial score (nSPS) is 29.3. The van der Waals surface area contributed by atoms with Crippen molar-refractivity contribution in [2.24, 2.45) is 5.92 Å². The summed E-state index contributed by atoms with van der Waals surface area (Å²) >= 11 is 0. The molecule has 1 aliphatic rings. The lowest BCUT2D eigenvalue weighted by Crippen LogP contribution is -2.35. The summed E-state index contributed by atoms with van der Waals surface area (Å²) in [5.41, 5.74) is 1.19. The standard InChI is InChI=1S/C15H23NOS/c1-3-16-14-9-10-15(12(14)2)18(17)11-13-7-5-4-6-8-13/h4-8,12,14-16H,3,9-11H2,1-2H3. The highest BCUT2D eigenvalue weighted by atomic mass is 32.2. The zero-order valence-electron chi connectivity index (χ0n) is 11.3. The second-order valence-electron chi connectivity index (χ2n) is 5.15. The first-order valence-corrected chi connectivity index (χ1v) is 8.25. The fourth-order valence-corrected chi connectivity index (χ4v) is 4.70. The fraction of sp³-hybridized carbons (Fsp3) is 0.600. The van der Waals surface area contributed by atoms with Crippen LogP contribution in [0.1, 0.15) is 32.3 Å². The van der Waals surface area contributed by atoms with Crippen LogP contribution in [-0.2, 0) is 16.6 Å². The summed E-state index contributed by atoms with van der Waals surface area (Å²) in [7, 11) is -0.741. The van der Waals surface area contributed by atoms with Gasteiger partial charge < -0.3 is 5.32 Å². The average Bonchev–Trinajstić information content (AvgIpc) is 2.73. The first kappa shape index (κ1) is 13.8. The van der Waals surface area contributed by atoms with E-state index < -0.39 is 10.8 Å². The molecule has 2 nitrogen and oxygen atoms in total. The van der Waals surface area contributed by atoms with Gasteiger partial charge in [0.1, 0.15) is 0 Å². The van der Waals surface area contributed by atoms with Crippen LogP contribution in [0.3, 0.4) is 0 Å². The molecule has 0 saturated heterocycles. The molecular formula is C15H23NOS. The van der Waals surface area contributed by atoms with Crippen LogP contribution in [0, 0.1) is 5.92 Å². The molecule has 2 rings (SSSR count). The minimum Gasteiger partial charge on any atom is -0.314 e. The van der Waals surface area contributed by atoms with Gasteiger partial charge in [-0.3, -0.25) is 4.21 Å². The smallest absolute Gasteiger partial charge is 0.0488 e. The van der Waals surface area contributed by atoms with Crippen molar-refractivity contribution in [1.29, 1.82) is 0 Å². The van der Waals surface area contributed by atoms with Crippen molar-refractivity contribution >= 4 is 10.8 Å². The van der Waals surface area contributed by atoms with E-state index in [1.54, 1.807) is 0 Å². The number of rotatable bonds is 5. The minimum atomic E-state index is -0.741. The average molecular weight is 265 g/mol. The van der Waals surface area contributed by atoms with Gasteiger partial charge in [-0.05, 0) is 30.9 Å². The summed E-state index contributed by atoms with van der Waals surface area (Å²) in [6, 6.07) is 10.7. The Morgan fingerprint density at radius 1 is 1.28 bits per heavy atom. The highest BCUT2D eigenvalue weighted by molar-refractivity contribution is 7.84. The molecule has 1 aromatic rings. The Balaban J connectivity index is 1.94. The maximum atomic E-state index is 12.5. The molecular weight excluding hydrogens is 242 g/mol. The third-order valence-corrected chi connectivity index (χ3v) is 5.90. The summed E-state index contributed by atoms with van der Waals surface area (Å²) in [4.78, 5) is 0. The van der Waals surface area contributed by atoms with Crippen LogP contribution in [0.4, 0.5) is 0 Å². The summed E-state index contributed by atoms with van der Waals surface area (Å²) in [6.07, 6.45) is 2.26. The molecule has 1 saturated carbocycles. The van der Waals surface area contributed by atoms with Gasteiger partial charge in [-0.1, -0.05) is 44.2 Å². The van der Waals surface area contributed by atoms with Gasteiger partial charge in [0.2, 0.25) is 0 Å². The molecule has 18 heavy (non-hydrogen) atoms. The molecule has 0 aliphatic heterocycles. The van der Waals surface area contributed by atoms with E-state index in [0.29, 0.717) is 23.0 Å². The zero-order chi connectivity index (χ0) is 13.0. The predicted octanol–water partition coefficient (Wildman–Crippen LogP) is 2.71. The van der Waals surface area contributed by atoms with Crippen molar-refractivity contribution < 1.29 is 4.21 Å². The monoisotopic (exact) mass is 265 g/mol. The third-order valence-electron chi connectivity index (χ3n) is 3.94. The summed E-state index contributed by atoms with van der Waals surface area (Å²) in [5.74, 6) is 1.23. The molecule has 3 heteroatoms. The van der Waals surface area contributed by atoms with Crippen LogP contribution < -0.4 is 5.32 Å². The molecule has 0 bridgehead atoms. The van der Waals surface area contributed by atoms with Gasteiger partial charge in [-0.25, -0.2) is 0 Å². The number of hydrogen-bond acceptors (Lipinski definition) is 2. The van der Waals surface area contributed by atoms with E-state index >= 15 is 0 Å². The molecule has 0 radical (unpaired) electrons. The van der Waals surface area contributed by atoms with Gasteiger partial charge in [0.25, 0.3) is 0 Å². The Bertz CT molecular complexity index is 393. The van der Waals surface area contributed by atoms with Gasteiger partial charge >= 0.3 is 0 Å². The Labute approximate surface area is 113 Å². The predicted molar refractivity (Wildman–Crippen MR) is 77.9 cm³/mol. The van der Waals surface area contributed by atoms with Crippen LogP contribution in [-0.4, -0.2) is 22.0 Å². The molecule has 4 atom stereocenters. The van der Waals surface area contributed by atoms with E-state index in [-0.39, 0.29) is 0 Å². The van der Waals surface area contributed by atoms with E-state index in [2.05, 4.69) is 31.3 Å². The lowest BCUT2D eigenvalue weighted by Gasteiger charge is -2.21. The lowest BCUT2D eigenvalue weighted by molar-refractivity contribution is 0.438. The molecule has 4 unspecified atom stereocenters. The van der Waals surface area contributed by atoms with E-state index in [1.807, 2.05) is 18.2 Å². The molecule has 0 amide bonds. The highest BCUT2D eigenvalue weighted by Crippen LogP contribution is 2.31. The van der Waals surface area contributed by atoms with Crippen molar-refractivity contribution in [1.82, 2.24) is 5.32 Å².